The van der Waals surface area contributed by atoms with E-state index in [2.05, 4.69) is 5.32 Å². The van der Waals surface area contributed by atoms with Crippen molar-refractivity contribution < 1.29 is 19.4 Å². The van der Waals surface area contributed by atoms with Crippen LogP contribution >= 0.6 is 0 Å². The van der Waals surface area contributed by atoms with E-state index in [1.807, 2.05) is 13.8 Å². The summed E-state index contributed by atoms with van der Waals surface area (Å²) in [5.41, 5.74) is 0. The van der Waals surface area contributed by atoms with Crippen molar-refractivity contribution in [2.45, 2.75) is 19.9 Å². The van der Waals surface area contributed by atoms with Crippen molar-refractivity contribution in [1.29, 1.82) is 0 Å². The largest absolute Gasteiger partial charge is 0.481 e. The van der Waals surface area contributed by atoms with Crippen molar-refractivity contribution in [1.82, 2.24) is 10.2 Å². The molecule has 4 atom stereocenters. The minimum absolute atomic E-state index is 0.0151. The molecule has 2 N–H and O–H groups in total. The molecule has 6 nitrogen and oxygen atoms in total. The minimum Gasteiger partial charge on any atom is -0.481 e. The molecule has 1 amide bonds. The number of rotatable bonds is 4. The summed E-state index contributed by atoms with van der Waals surface area (Å²) < 4.78 is 5.38. The molecule has 0 aromatic carbocycles. The molecular formula is C13H22N2O4. The van der Waals surface area contributed by atoms with E-state index in [9.17, 15) is 9.59 Å². The maximum absolute atomic E-state index is 12.5. The Hall–Kier alpha value is -1.14. The van der Waals surface area contributed by atoms with Crippen LogP contribution in [0.15, 0.2) is 0 Å². The van der Waals surface area contributed by atoms with E-state index in [0.717, 1.165) is 6.54 Å². The molecule has 0 aliphatic carbocycles. The Morgan fingerprint density at radius 1 is 1.32 bits per heavy atom. The highest BCUT2D eigenvalue weighted by atomic mass is 16.5. The molecule has 2 aliphatic heterocycles. The zero-order chi connectivity index (χ0) is 14.0. The Morgan fingerprint density at radius 3 is 2.63 bits per heavy atom. The number of ether oxygens (including phenoxy) is 1. The number of nitrogens with zero attached hydrogens (tertiary/aromatic N) is 1. The first kappa shape index (κ1) is 14.3. The van der Waals surface area contributed by atoms with Gasteiger partial charge in [0.1, 0.15) is 0 Å². The third-order valence-electron chi connectivity index (χ3n) is 4.11. The number of nitrogens with one attached hydrogen (secondary N) is 1. The summed E-state index contributed by atoms with van der Waals surface area (Å²) in [4.78, 5) is 25.2. The molecule has 0 saturated carbocycles. The van der Waals surface area contributed by atoms with E-state index in [-0.39, 0.29) is 23.8 Å². The lowest BCUT2D eigenvalue weighted by Gasteiger charge is -2.23. The van der Waals surface area contributed by atoms with E-state index in [4.69, 9.17) is 9.84 Å². The van der Waals surface area contributed by atoms with Gasteiger partial charge in [0.25, 0.3) is 0 Å². The summed E-state index contributed by atoms with van der Waals surface area (Å²) in [7, 11) is 0. The number of likely N-dealkylation sites (tertiary alicyclic amines) is 1. The molecule has 2 heterocycles. The molecule has 6 heteroatoms. The van der Waals surface area contributed by atoms with Gasteiger partial charge in [0.15, 0.2) is 0 Å². The van der Waals surface area contributed by atoms with Gasteiger partial charge in [-0.3, -0.25) is 9.59 Å². The van der Waals surface area contributed by atoms with Crippen LogP contribution in [0.5, 0.6) is 0 Å². The van der Waals surface area contributed by atoms with E-state index < -0.39 is 11.9 Å². The standard InChI is InChI=1S/C13H22N2O4/c1-3-14-11-7-19-6-10(11)12(16)15-4-8(2)9(5-15)13(17)18/h8-11,14H,3-7H2,1-2H3,(H,17,18)/t8-,9-,10?,11?/m1/s1. The fourth-order valence-corrected chi connectivity index (χ4v) is 2.96. The number of carboxylic acid groups (broad SMARTS) is 1. The van der Waals surface area contributed by atoms with Crippen LogP contribution in [0.1, 0.15) is 13.8 Å². The number of carbonyl (C=O) groups is 2. The molecule has 19 heavy (non-hydrogen) atoms. The quantitative estimate of drug-likeness (QED) is 0.739. The predicted molar refractivity (Wildman–Crippen MR) is 68.6 cm³/mol. The van der Waals surface area contributed by atoms with Crippen molar-refractivity contribution in [3.8, 4) is 0 Å². The van der Waals surface area contributed by atoms with E-state index in [1.54, 1.807) is 4.90 Å². The third kappa shape index (κ3) is 2.90. The summed E-state index contributed by atoms with van der Waals surface area (Å²) >= 11 is 0. The first-order valence-electron chi connectivity index (χ1n) is 6.87. The van der Waals surface area contributed by atoms with Gasteiger partial charge in [-0.15, -0.1) is 0 Å². The average Bonchev–Trinajstić information content (AvgIpc) is 2.95. The summed E-state index contributed by atoms with van der Waals surface area (Å²) in [5, 5.41) is 12.4. The number of hydrogen-bond donors (Lipinski definition) is 2. The van der Waals surface area contributed by atoms with Gasteiger partial charge in [-0.05, 0) is 12.5 Å². The summed E-state index contributed by atoms with van der Waals surface area (Å²) in [6.45, 7) is 6.52. The summed E-state index contributed by atoms with van der Waals surface area (Å²) in [6, 6.07) is 0.0525. The fraction of sp³-hybridized carbons (Fsp3) is 0.846. The number of carboxylic acids is 1. The Morgan fingerprint density at radius 2 is 2.05 bits per heavy atom. The predicted octanol–water partition coefficient (Wildman–Crippen LogP) is -0.210. The highest BCUT2D eigenvalue weighted by Crippen LogP contribution is 2.26. The van der Waals surface area contributed by atoms with Crippen molar-refractivity contribution in [3.63, 3.8) is 0 Å². The molecule has 2 saturated heterocycles. The van der Waals surface area contributed by atoms with Gasteiger partial charge in [0, 0.05) is 19.1 Å². The molecule has 0 aromatic rings. The molecule has 2 rings (SSSR count). The van der Waals surface area contributed by atoms with Gasteiger partial charge in [0.05, 0.1) is 25.0 Å². The van der Waals surface area contributed by atoms with Crippen LogP contribution in [-0.2, 0) is 14.3 Å². The van der Waals surface area contributed by atoms with Crippen LogP contribution < -0.4 is 5.32 Å². The molecule has 0 radical (unpaired) electrons. The molecular weight excluding hydrogens is 248 g/mol. The lowest BCUT2D eigenvalue weighted by atomic mass is 9.99. The Kier molecular flexibility index (Phi) is 4.42. The maximum Gasteiger partial charge on any atom is 0.308 e. The third-order valence-corrected chi connectivity index (χ3v) is 4.11. The van der Waals surface area contributed by atoms with Gasteiger partial charge < -0.3 is 20.1 Å². The first-order valence-corrected chi connectivity index (χ1v) is 6.87. The van der Waals surface area contributed by atoms with Crippen molar-refractivity contribution >= 4 is 11.9 Å². The summed E-state index contributed by atoms with van der Waals surface area (Å²) in [6.07, 6.45) is 0. The minimum atomic E-state index is -0.811. The van der Waals surface area contributed by atoms with Crippen molar-refractivity contribution in [2.75, 3.05) is 32.8 Å². The van der Waals surface area contributed by atoms with Crippen molar-refractivity contribution in [2.24, 2.45) is 17.8 Å². The second kappa shape index (κ2) is 5.88. The lowest BCUT2D eigenvalue weighted by Crippen LogP contribution is -2.45. The Labute approximate surface area is 113 Å². The molecule has 108 valence electrons. The van der Waals surface area contributed by atoms with Crippen LogP contribution in [0.4, 0.5) is 0 Å². The Bertz CT molecular complexity index is 361. The normalized spacial score (nSPS) is 34.7. The molecule has 0 spiro atoms. The van der Waals surface area contributed by atoms with Crippen LogP contribution in [0.25, 0.3) is 0 Å². The highest BCUT2D eigenvalue weighted by molar-refractivity contribution is 5.82. The number of carbonyl (C=O) groups excluding carboxylic acids is 1. The second-order valence-corrected chi connectivity index (χ2v) is 5.47. The number of aliphatic carboxylic acids is 1. The van der Waals surface area contributed by atoms with Gasteiger partial charge in [-0.1, -0.05) is 13.8 Å². The van der Waals surface area contributed by atoms with E-state index >= 15 is 0 Å². The van der Waals surface area contributed by atoms with E-state index in [1.165, 1.54) is 0 Å². The highest BCUT2D eigenvalue weighted by Gasteiger charge is 2.42. The SMILES string of the molecule is CCNC1COCC1C(=O)N1C[C@@H](C)[C@H](C(=O)O)C1. The van der Waals surface area contributed by atoms with E-state index in [0.29, 0.717) is 26.3 Å². The zero-order valence-electron chi connectivity index (χ0n) is 11.5. The molecule has 2 unspecified atom stereocenters. The van der Waals surface area contributed by atoms with Crippen LogP contribution in [0, 0.1) is 17.8 Å². The smallest absolute Gasteiger partial charge is 0.308 e. The monoisotopic (exact) mass is 270 g/mol. The molecule has 2 aliphatic rings. The molecule has 2 fully saturated rings. The second-order valence-electron chi connectivity index (χ2n) is 5.47. The maximum atomic E-state index is 12.5. The van der Waals surface area contributed by atoms with Gasteiger partial charge in [-0.2, -0.15) is 0 Å². The van der Waals surface area contributed by atoms with Crippen molar-refractivity contribution in [3.05, 3.63) is 0 Å². The fourth-order valence-electron chi connectivity index (χ4n) is 2.96. The Balaban J connectivity index is 1.99. The lowest BCUT2D eigenvalue weighted by molar-refractivity contribution is -0.142. The van der Waals surface area contributed by atoms with Gasteiger partial charge in [0.2, 0.25) is 5.91 Å². The number of amides is 1. The zero-order valence-corrected chi connectivity index (χ0v) is 11.5. The summed E-state index contributed by atoms with van der Waals surface area (Å²) in [5.74, 6) is -1.39. The van der Waals surface area contributed by atoms with Gasteiger partial charge >= 0.3 is 5.97 Å². The molecule has 0 aromatic heterocycles. The first-order chi connectivity index (χ1) is 9.04. The van der Waals surface area contributed by atoms with Crippen LogP contribution in [-0.4, -0.2) is 60.8 Å². The van der Waals surface area contributed by atoms with Gasteiger partial charge in [-0.25, -0.2) is 0 Å². The molecule has 0 bridgehead atoms. The van der Waals surface area contributed by atoms with Crippen LogP contribution in [0.3, 0.4) is 0 Å². The number of hydrogen-bond acceptors (Lipinski definition) is 4. The van der Waals surface area contributed by atoms with Crippen LogP contribution in [0.2, 0.25) is 0 Å². The average molecular weight is 270 g/mol. The topological polar surface area (TPSA) is 78.9 Å². The number of likely N-dealkylation sites (N-methyl/N-ethyl adjacent to an activating group) is 1.